The Morgan fingerprint density at radius 1 is 1.10 bits per heavy atom. The quantitative estimate of drug-likeness (QED) is 0.782. The summed E-state index contributed by atoms with van der Waals surface area (Å²) in [5.41, 5.74) is -1.95. The Balaban J connectivity index is 3.13. The summed E-state index contributed by atoms with van der Waals surface area (Å²) >= 11 is 0. The minimum absolute atomic E-state index is 0.0368. The zero-order chi connectivity index (χ0) is 16.5. The smallest absolute Gasteiger partial charge is 0.248 e. The molecule has 122 valence electrons. The maximum absolute atomic E-state index is 12.7. The van der Waals surface area contributed by atoms with Crippen molar-refractivity contribution in [2.45, 2.75) is 58.5 Å². The van der Waals surface area contributed by atoms with Crippen LogP contribution in [0.25, 0.3) is 0 Å². The fourth-order valence-electron chi connectivity index (χ4n) is 2.40. The number of carbonyl (C=O) groups is 2. The van der Waals surface area contributed by atoms with E-state index >= 15 is 0 Å². The predicted octanol–water partition coefficient (Wildman–Crippen LogP) is 0.717. The van der Waals surface area contributed by atoms with Gasteiger partial charge in [0, 0.05) is 12.3 Å². The Hall–Kier alpha value is -1.11. The third-order valence-electron chi connectivity index (χ3n) is 4.65. The fraction of sp³-hybridized carbons (Fsp3) is 0.857. The van der Waals surface area contributed by atoms with Crippen LogP contribution in [0, 0.1) is 0 Å². The molecule has 2 atom stereocenters. The molecule has 0 aromatic rings. The molecule has 1 fully saturated rings. The summed E-state index contributed by atoms with van der Waals surface area (Å²) in [5, 5.41) is 2.80. The van der Waals surface area contributed by atoms with Crippen molar-refractivity contribution in [1.82, 2.24) is 10.2 Å². The second-order valence-electron chi connectivity index (χ2n) is 5.96. The van der Waals surface area contributed by atoms with Crippen LogP contribution in [-0.4, -0.2) is 54.3 Å². The number of hydrogen-bond acceptors (Lipinski definition) is 4. The van der Waals surface area contributed by atoms with Crippen LogP contribution in [0.5, 0.6) is 0 Å². The van der Waals surface area contributed by atoms with Crippen molar-refractivity contribution in [3.8, 4) is 0 Å². The van der Waals surface area contributed by atoms with Crippen LogP contribution in [0.2, 0.25) is 0 Å². The molecule has 1 N–H and O–H groups in total. The lowest BCUT2D eigenvalue weighted by Gasteiger charge is -2.49. The van der Waals surface area contributed by atoms with E-state index in [9.17, 15) is 18.0 Å². The van der Waals surface area contributed by atoms with Crippen LogP contribution in [0.15, 0.2) is 0 Å². The molecule has 1 saturated heterocycles. The standard InChI is InChI=1S/C14H26N2O4S/c1-6-13(4)12(18)16(9-10-21(19,20)8-3)14(5,7-2)11(17)15-13/h6-10H2,1-5H3,(H,15,17). The van der Waals surface area contributed by atoms with E-state index in [0.717, 1.165) is 0 Å². The van der Waals surface area contributed by atoms with E-state index in [1.807, 2.05) is 13.8 Å². The van der Waals surface area contributed by atoms with Gasteiger partial charge in [-0.15, -0.1) is 0 Å². The first kappa shape index (κ1) is 17.9. The van der Waals surface area contributed by atoms with E-state index in [2.05, 4.69) is 5.32 Å². The molecule has 0 saturated carbocycles. The SMILES string of the molecule is CCC1(C)NC(=O)C(C)(CC)N(CCS(=O)(=O)CC)C1=O. The van der Waals surface area contributed by atoms with Gasteiger partial charge in [0.1, 0.15) is 11.1 Å². The molecule has 21 heavy (non-hydrogen) atoms. The van der Waals surface area contributed by atoms with Crippen molar-refractivity contribution >= 4 is 21.7 Å². The maximum atomic E-state index is 12.7. The van der Waals surface area contributed by atoms with Gasteiger partial charge in [-0.1, -0.05) is 20.8 Å². The van der Waals surface area contributed by atoms with Crippen molar-refractivity contribution in [1.29, 1.82) is 0 Å². The Labute approximate surface area is 127 Å². The van der Waals surface area contributed by atoms with Gasteiger partial charge in [-0.05, 0) is 26.7 Å². The fourth-order valence-corrected chi connectivity index (χ4v) is 3.15. The van der Waals surface area contributed by atoms with Gasteiger partial charge in [0.25, 0.3) is 0 Å². The first-order valence-corrected chi connectivity index (χ1v) is 9.23. The highest BCUT2D eigenvalue weighted by molar-refractivity contribution is 7.91. The molecule has 1 aliphatic heterocycles. The van der Waals surface area contributed by atoms with Crippen LogP contribution < -0.4 is 5.32 Å². The van der Waals surface area contributed by atoms with Crippen molar-refractivity contribution in [3.63, 3.8) is 0 Å². The summed E-state index contributed by atoms with van der Waals surface area (Å²) in [6, 6.07) is 0. The molecule has 1 rings (SSSR count). The summed E-state index contributed by atoms with van der Waals surface area (Å²) < 4.78 is 23.4. The predicted molar refractivity (Wildman–Crippen MR) is 81.6 cm³/mol. The Morgan fingerprint density at radius 2 is 1.67 bits per heavy atom. The topological polar surface area (TPSA) is 83.6 Å². The Morgan fingerprint density at radius 3 is 2.10 bits per heavy atom. The molecule has 0 aromatic carbocycles. The molecule has 6 nitrogen and oxygen atoms in total. The summed E-state index contributed by atoms with van der Waals surface area (Å²) in [6.45, 7) is 8.66. The molecule has 2 amide bonds. The van der Waals surface area contributed by atoms with Crippen molar-refractivity contribution < 1.29 is 18.0 Å². The van der Waals surface area contributed by atoms with Gasteiger partial charge in [-0.3, -0.25) is 9.59 Å². The first-order chi connectivity index (χ1) is 9.56. The largest absolute Gasteiger partial charge is 0.340 e. The normalized spacial score (nSPS) is 30.4. The van der Waals surface area contributed by atoms with E-state index in [0.29, 0.717) is 12.8 Å². The molecular formula is C14H26N2O4S. The molecule has 0 spiro atoms. The highest BCUT2D eigenvalue weighted by Crippen LogP contribution is 2.30. The molecule has 1 aliphatic rings. The van der Waals surface area contributed by atoms with Gasteiger partial charge in [-0.2, -0.15) is 0 Å². The first-order valence-electron chi connectivity index (χ1n) is 7.41. The van der Waals surface area contributed by atoms with Gasteiger partial charge < -0.3 is 10.2 Å². The number of amides is 2. The number of piperazine rings is 1. The van der Waals surface area contributed by atoms with Gasteiger partial charge in [0.15, 0.2) is 9.84 Å². The van der Waals surface area contributed by atoms with Crippen LogP contribution in [0.3, 0.4) is 0 Å². The molecular weight excluding hydrogens is 292 g/mol. The van der Waals surface area contributed by atoms with Crippen LogP contribution in [-0.2, 0) is 19.4 Å². The van der Waals surface area contributed by atoms with E-state index in [1.54, 1.807) is 20.8 Å². The summed E-state index contributed by atoms with van der Waals surface area (Å²) in [6.07, 6.45) is 0.908. The number of hydrogen-bond donors (Lipinski definition) is 1. The average molecular weight is 318 g/mol. The molecule has 7 heteroatoms. The lowest BCUT2D eigenvalue weighted by Crippen LogP contribution is -2.74. The second-order valence-corrected chi connectivity index (χ2v) is 8.43. The number of carbonyl (C=O) groups excluding carboxylic acids is 2. The third-order valence-corrected chi connectivity index (χ3v) is 6.34. The van der Waals surface area contributed by atoms with E-state index in [1.165, 1.54) is 4.90 Å². The molecule has 0 radical (unpaired) electrons. The minimum atomic E-state index is -3.19. The van der Waals surface area contributed by atoms with E-state index < -0.39 is 20.9 Å². The third kappa shape index (κ3) is 3.22. The van der Waals surface area contributed by atoms with Gasteiger partial charge in [-0.25, -0.2) is 8.42 Å². The molecule has 1 heterocycles. The zero-order valence-electron chi connectivity index (χ0n) is 13.5. The average Bonchev–Trinajstić information content (AvgIpc) is 2.45. The van der Waals surface area contributed by atoms with Crippen LogP contribution in [0.1, 0.15) is 47.5 Å². The zero-order valence-corrected chi connectivity index (χ0v) is 14.3. The van der Waals surface area contributed by atoms with Gasteiger partial charge >= 0.3 is 0 Å². The number of sulfone groups is 1. The van der Waals surface area contributed by atoms with E-state index in [4.69, 9.17) is 0 Å². The molecule has 0 bridgehead atoms. The summed E-state index contributed by atoms with van der Waals surface area (Å²) in [7, 11) is -3.19. The van der Waals surface area contributed by atoms with Crippen molar-refractivity contribution in [2.75, 3.05) is 18.1 Å². The number of nitrogens with zero attached hydrogens (tertiary/aromatic N) is 1. The van der Waals surface area contributed by atoms with Crippen LogP contribution in [0.4, 0.5) is 0 Å². The van der Waals surface area contributed by atoms with Crippen LogP contribution >= 0.6 is 0 Å². The summed E-state index contributed by atoms with van der Waals surface area (Å²) in [5.74, 6) is -0.504. The molecule has 2 unspecified atom stereocenters. The second kappa shape index (κ2) is 5.94. The molecule has 0 aliphatic carbocycles. The highest BCUT2D eigenvalue weighted by atomic mass is 32.2. The Bertz CT molecular complexity index is 531. The monoisotopic (exact) mass is 318 g/mol. The van der Waals surface area contributed by atoms with E-state index in [-0.39, 0.29) is 29.9 Å². The maximum Gasteiger partial charge on any atom is 0.248 e. The van der Waals surface area contributed by atoms with Gasteiger partial charge in [0.05, 0.1) is 5.75 Å². The number of nitrogens with one attached hydrogen (secondary N) is 1. The van der Waals surface area contributed by atoms with Crippen molar-refractivity contribution in [2.24, 2.45) is 0 Å². The minimum Gasteiger partial charge on any atom is -0.340 e. The lowest BCUT2D eigenvalue weighted by atomic mass is 9.84. The summed E-state index contributed by atoms with van der Waals surface area (Å²) in [4.78, 5) is 26.6. The van der Waals surface area contributed by atoms with Crippen molar-refractivity contribution in [3.05, 3.63) is 0 Å². The highest BCUT2D eigenvalue weighted by Gasteiger charge is 2.52. The molecule has 0 aromatic heterocycles. The van der Waals surface area contributed by atoms with Gasteiger partial charge in [0.2, 0.25) is 11.8 Å². The Kier molecular flexibility index (Phi) is 5.08. The lowest BCUT2D eigenvalue weighted by molar-refractivity contribution is -0.161. The number of rotatable bonds is 6.